The van der Waals surface area contributed by atoms with E-state index >= 15 is 0 Å². The Morgan fingerprint density at radius 3 is 2.29 bits per heavy atom. The van der Waals surface area contributed by atoms with E-state index in [2.05, 4.69) is 29.5 Å². The Bertz CT molecular complexity index is 415. The van der Waals surface area contributed by atoms with Gasteiger partial charge in [0.15, 0.2) is 5.96 Å². The van der Waals surface area contributed by atoms with Crippen LogP contribution in [0.3, 0.4) is 0 Å². The molecule has 24 heavy (non-hydrogen) atoms. The number of amides is 1. The molecule has 0 atom stereocenters. The number of nitrogens with zero attached hydrogens (tertiary/aromatic N) is 2. The third-order valence-electron chi connectivity index (χ3n) is 5.23. The first kappa shape index (κ1) is 21.5. The first-order valence-corrected chi connectivity index (χ1v) is 9.27. The molecule has 0 aromatic carbocycles. The molecule has 1 aliphatic carbocycles. The van der Waals surface area contributed by atoms with E-state index in [0.717, 1.165) is 44.4 Å². The summed E-state index contributed by atoms with van der Waals surface area (Å²) in [7, 11) is 1.77. The van der Waals surface area contributed by atoms with Crippen LogP contribution in [0.2, 0.25) is 0 Å². The van der Waals surface area contributed by atoms with Gasteiger partial charge in [0.05, 0.1) is 6.54 Å². The van der Waals surface area contributed by atoms with Crippen LogP contribution in [0.1, 0.15) is 58.8 Å². The lowest BCUT2D eigenvalue weighted by Crippen LogP contribution is -2.49. The predicted molar refractivity (Wildman–Crippen MR) is 111 cm³/mol. The summed E-state index contributed by atoms with van der Waals surface area (Å²) in [5.74, 6) is 1.67. The van der Waals surface area contributed by atoms with E-state index in [1.54, 1.807) is 7.05 Å². The molecule has 0 spiro atoms. The molecule has 0 bridgehead atoms. The highest BCUT2D eigenvalue weighted by Crippen LogP contribution is 2.45. The molecule has 1 aliphatic heterocycles. The Hall–Kier alpha value is -0.530. The molecule has 2 aliphatic rings. The molecular formula is C18H35IN4O. The first-order valence-electron chi connectivity index (χ1n) is 9.27. The van der Waals surface area contributed by atoms with Crippen molar-refractivity contribution in [3.05, 3.63) is 0 Å². The second kappa shape index (κ2) is 10.5. The van der Waals surface area contributed by atoms with Crippen molar-refractivity contribution in [3.63, 3.8) is 0 Å². The summed E-state index contributed by atoms with van der Waals surface area (Å²) in [4.78, 5) is 18.5. The van der Waals surface area contributed by atoms with E-state index < -0.39 is 0 Å². The Balaban J connectivity index is 0.00000288. The van der Waals surface area contributed by atoms with Gasteiger partial charge in [-0.3, -0.25) is 9.79 Å². The van der Waals surface area contributed by atoms with Crippen molar-refractivity contribution in [2.24, 2.45) is 16.3 Å². The summed E-state index contributed by atoms with van der Waals surface area (Å²) in [6.45, 7) is 7.71. The summed E-state index contributed by atoms with van der Waals surface area (Å²) < 4.78 is 0. The van der Waals surface area contributed by atoms with E-state index in [0.29, 0.717) is 12.0 Å². The molecule has 140 valence electrons. The van der Waals surface area contributed by atoms with E-state index in [1.807, 2.05) is 4.90 Å². The normalized spacial score (nSPS) is 20.2. The van der Waals surface area contributed by atoms with Crippen LogP contribution in [-0.4, -0.2) is 50.0 Å². The zero-order valence-electron chi connectivity index (χ0n) is 15.6. The number of aliphatic imine (C=N–C) groups is 1. The topological polar surface area (TPSA) is 56.7 Å². The van der Waals surface area contributed by atoms with Crippen molar-refractivity contribution in [2.75, 3.05) is 33.2 Å². The average molecular weight is 450 g/mol. The van der Waals surface area contributed by atoms with Crippen LogP contribution in [0.25, 0.3) is 0 Å². The largest absolute Gasteiger partial charge is 0.356 e. The fraction of sp³-hybridized carbons (Fsp3) is 0.889. The van der Waals surface area contributed by atoms with Crippen LogP contribution < -0.4 is 10.6 Å². The van der Waals surface area contributed by atoms with Crippen LogP contribution in [0, 0.1) is 11.3 Å². The van der Waals surface area contributed by atoms with Crippen LogP contribution in [-0.2, 0) is 4.79 Å². The minimum atomic E-state index is 0. The highest BCUT2D eigenvalue weighted by Gasteiger charge is 2.37. The maximum Gasteiger partial charge on any atom is 0.241 e. The molecule has 5 nitrogen and oxygen atoms in total. The third-order valence-corrected chi connectivity index (χ3v) is 5.23. The standard InChI is InChI=1S/C18H34N4O.HI/c1-15(2)12-18(8-7-9-18)14-21-17(19-3)20-13-16(23)22-10-5-4-6-11-22;/h15H,4-14H2,1-3H3,(H2,19,20,21);1H. The summed E-state index contributed by atoms with van der Waals surface area (Å²) in [6, 6.07) is 0. The van der Waals surface area contributed by atoms with Gasteiger partial charge in [0.25, 0.3) is 0 Å². The van der Waals surface area contributed by atoms with Crippen molar-refractivity contribution < 1.29 is 4.79 Å². The Morgan fingerprint density at radius 2 is 1.79 bits per heavy atom. The average Bonchev–Trinajstić information content (AvgIpc) is 2.52. The van der Waals surface area contributed by atoms with E-state index in [-0.39, 0.29) is 29.9 Å². The molecule has 0 aromatic rings. The second-order valence-corrected chi connectivity index (χ2v) is 7.67. The quantitative estimate of drug-likeness (QED) is 0.372. The van der Waals surface area contributed by atoms with Crippen molar-refractivity contribution in [2.45, 2.75) is 58.8 Å². The number of carbonyl (C=O) groups is 1. The van der Waals surface area contributed by atoms with Gasteiger partial charge in [0.2, 0.25) is 5.91 Å². The van der Waals surface area contributed by atoms with Gasteiger partial charge in [-0.15, -0.1) is 24.0 Å². The molecule has 1 amide bonds. The number of carbonyl (C=O) groups excluding carboxylic acids is 1. The summed E-state index contributed by atoms with van der Waals surface area (Å²) in [6.07, 6.45) is 8.74. The van der Waals surface area contributed by atoms with Crippen molar-refractivity contribution in [1.29, 1.82) is 0 Å². The maximum absolute atomic E-state index is 12.2. The van der Waals surface area contributed by atoms with Gasteiger partial charge in [0.1, 0.15) is 0 Å². The van der Waals surface area contributed by atoms with Gasteiger partial charge in [-0.25, -0.2) is 0 Å². The molecule has 0 unspecified atom stereocenters. The van der Waals surface area contributed by atoms with Gasteiger partial charge in [-0.2, -0.15) is 0 Å². The zero-order valence-corrected chi connectivity index (χ0v) is 17.9. The van der Waals surface area contributed by atoms with Gasteiger partial charge in [-0.1, -0.05) is 20.3 Å². The minimum Gasteiger partial charge on any atom is -0.356 e. The lowest BCUT2D eigenvalue weighted by Gasteiger charge is -2.43. The number of hydrogen-bond acceptors (Lipinski definition) is 2. The van der Waals surface area contributed by atoms with E-state index in [9.17, 15) is 4.79 Å². The summed E-state index contributed by atoms with van der Waals surface area (Å²) in [5.41, 5.74) is 0.433. The van der Waals surface area contributed by atoms with E-state index in [1.165, 1.54) is 32.1 Å². The van der Waals surface area contributed by atoms with Crippen molar-refractivity contribution in [1.82, 2.24) is 15.5 Å². The highest BCUT2D eigenvalue weighted by molar-refractivity contribution is 14.0. The summed E-state index contributed by atoms with van der Waals surface area (Å²) in [5, 5.41) is 6.63. The first-order chi connectivity index (χ1) is 11.0. The molecule has 6 heteroatoms. The van der Waals surface area contributed by atoms with Gasteiger partial charge in [-0.05, 0) is 49.9 Å². The predicted octanol–water partition coefficient (Wildman–Crippen LogP) is 3.00. The van der Waals surface area contributed by atoms with Crippen molar-refractivity contribution in [3.8, 4) is 0 Å². The molecule has 0 aromatic heterocycles. The van der Waals surface area contributed by atoms with Crippen LogP contribution >= 0.6 is 24.0 Å². The number of nitrogens with one attached hydrogen (secondary N) is 2. The molecule has 1 saturated carbocycles. The van der Waals surface area contributed by atoms with Crippen LogP contribution in [0.15, 0.2) is 4.99 Å². The monoisotopic (exact) mass is 450 g/mol. The number of piperidine rings is 1. The molecule has 0 radical (unpaired) electrons. The smallest absolute Gasteiger partial charge is 0.241 e. The zero-order chi connectivity index (χ0) is 16.7. The van der Waals surface area contributed by atoms with Crippen LogP contribution in [0.4, 0.5) is 0 Å². The second-order valence-electron chi connectivity index (χ2n) is 7.67. The number of halogens is 1. The minimum absolute atomic E-state index is 0. The number of rotatable bonds is 6. The molecule has 1 saturated heterocycles. The molecule has 1 heterocycles. The van der Waals surface area contributed by atoms with Gasteiger partial charge >= 0.3 is 0 Å². The van der Waals surface area contributed by atoms with E-state index in [4.69, 9.17) is 0 Å². The summed E-state index contributed by atoms with van der Waals surface area (Å²) >= 11 is 0. The lowest BCUT2D eigenvalue weighted by atomic mass is 9.64. The fourth-order valence-electron chi connectivity index (χ4n) is 3.90. The lowest BCUT2D eigenvalue weighted by molar-refractivity contribution is -0.130. The third kappa shape index (κ3) is 6.41. The number of hydrogen-bond donors (Lipinski definition) is 2. The molecule has 2 rings (SSSR count). The molecular weight excluding hydrogens is 415 g/mol. The van der Waals surface area contributed by atoms with Crippen molar-refractivity contribution >= 4 is 35.8 Å². The molecule has 2 fully saturated rings. The number of guanidine groups is 1. The Kier molecular flexibility index (Phi) is 9.37. The van der Waals surface area contributed by atoms with Crippen LogP contribution in [0.5, 0.6) is 0 Å². The highest BCUT2D eigenvalue weighted by atomic mass is 127. The fourth-order valence-corrected chi connectivity index (χ4v) is 3.90. The maximum atomic E-state index is 12.2. The van der Waals surface area contributed by atoms with Gasteiger partial charge in [0, 0.05) is 26.7 Å². The Labute approximate surface area is 164 Å². The molecule has 2 N–H and O–H groups in total. The van der Waals surface area contributed by atoms with Gasteiger partial charge < -0.3 is 15.5 Å². The Morgan fingerprint density at radius 1 is 1.12 bits per heavy atom. The number of likely N-dealkylation sites (tertiary alicyclic amines) is 1. The SMILES string of the molecule is CN=C(NCC(=O)N1CCCCC1)NCC1(CC(C)C)CCC1.I.